The Hall–Kier alpha value is -2.86. The summed E-state index contributed by atoms with van der Waals surface area (Å²) in [6.07, 6.45) is 4.33. The molecule has 0 radical (unpaired) electrons. The highest BCUT2D eigenvalue weighted by Crippen LogP contribution is 2.33. The van der Waals surface area contributed by atoms with Crippen LogP contribution in [0.5, 0.6) is 5.19 Å². The Morgan fingerprint density at radius 2 is 1.87 bits per heavy atom. The van der Waals surface area contributed by atoms with Gasteiger partial charge in [-0.2, -0.15) is 0 Å². The van der Waals surface area contributed by atoms with Crippen LogP contribution in [0, 0.1) is 13.8 Å². The zero-order valence-corrected chi connectivity index (χ0v) is 19.0. The second kappa shape index (κ2) is 8.00. The van der Waals surface area contributed by atoms with Gasteiger partial charge in [0.2, 0.25) is 5.91 Å². The zero-order valence-electron chi connectivity index (χ0n) is 18.2. The molecule has 0 spiro atoms. The van der Waals surface area contributed by atoms with E-state index in [9.17, 15) is 4.79 Å². The van der Waals surface area contributed by atoms with Crippen molar-refractivity contribution in [2.45, 2.75) is 39.2 Å². The molecule has 2 aromatic heterocycles. The van der Waals surface area contributed by atoms with Crippen molar-refractivity contribution in [2.24, 2.45) is 7.05 Å². The van der Waals surface area contributed by atoms with Gasteiger partial charge in [0.05, 0.1) is 16.6 Å². The number of aryl methyl sites for hydroxylation is 3. The third kappa shape index (κ3) is 3.81. The van der Waals surface area contributed by atoms with Gasteiger partial charge in [0.15, 0.2) is 0 Å². The third-order valence-electron chi connectivity index (χ3n) is 6.31. The molecule has 1 aliphatic rings. The fourth-order valence-corrected chi connectivity index (χ4v) is 5.52. The van der Waals surface area contributed by atoms with Gasteiger partial charge >= 0.3 is 0 Å². The summed E-state index contributed by atoms with van der Waals surface area (Å²) in [4.78, 5) is 19.6. The molecule has 5 nitrogen and oxygen atoms in total. The Morgan fingerprint density at radius 3 is 2.65 bits per heavy atom. The SMILES string of the molecule is Cc1ccc(C)c2sc(OC3CCN(C(=O)Cc4cn(C)c5ccccc45)CC3)nc12. The number of thiazole rings is 1. The van der Waals surface area contributed by atoms with Crippen LogP contribution in [0.3, 0.4) is 0 Å². The van der Waals surface area contributed by atoms with Crippen LogP contribution in [-0.4, -0.2) is 39.6 Å². The minimum atomic E-state index is 0.114. The van der Waals surface area contributed by atoms with Gasteiger partial charge in [-0.25, -0.2) is 4.98 Å². The molecule has 0 saturated carbocycles. The van der Waals surface area contributed by atoms with E-state index in [1.165, 1.54) is 21.3 Å². The first-order valence-corrected chi connectivity index (χ1v) is 11.7. The van der Waals surface area contributed by atoms with E-state index in [1.807, 2.05) is 24.1 Å². The second-order valence-electron chi connectivity index (χ2n) is 8.51. The average molecular weight is 434 g/mol. The first-order valence-electron chi connectivity index (χ1n) is 10.8. The van der Waals surface area contributed by atoms with E-state index in [1.54, 1.807) is 11.3 Å². The number of hydrogen-bond donors (Lipinski definition) is 0. The number of fused-ring (bicyclic) bond motifs is 2. The van der Waals surface area contributed by atoms with E-state index in [-0.39, 0.29) is 12.0 Å². The molecule has 5 rings (SSSR count). The predicted molar refractivity (Wildman–Crippen MR) is 126 cm³/mol. The Bertz CT molecular complexity index is 1230. The molecule has 160 valence electrons. The smallest absolute Gasteiger partial charge is 0.274 e. The lowest BCUT2D eigenvalue weighted by Gasteiger charge is -2.31. The first-order chi connectivity index (χ1) is 15.0. The van der Waals surface area contributed by atoms with Crippen molar-refractivity contribution in [1.82, 2.24) is 14.5 Å². The number of piperidine rings is 1. The predicted octanol–water partition coefficient (Wildman–Crippen LogP) is 5.02. The van der Waals surface area contributed by atoms with Gasteiger partial charge in [-0.3, -0.25) is 4.79 Å². The number of aromatic nitrogens is 2. The third-order valence-corrected chi connectivity index (χ3v) is 7.39. The molecule has 3 heterocycles. The summed E-state index contributed by atoms with van der Waals surface area (Å²) >= 11 is 1.63. The molecule has 1 fully saturated rings. The highest BCUT2D eigenvalue weighted by molar-refractivity contribution is 7.20. The molecule has 0 atom stereocenters. The molecule has 31 heavy (non-hydrogen) atoms. The van der Waals surface area contributed by atoms with Crippen LogP contribution in [-0.2, 0) is 18.3 Å². The summed E-state index contributed by atoms with van der Waals surface area (Å²) < 4.78 is 9.53. The van der Waals surface area contributed by atoms with Gasteiger partial charge in [-0.1, -0.05) is 41.7 Å². The first kappa shape index (κ1) is 20.1. The summed E-state index contributed by atoms with van der Waals surface area (Å²) in [6, 6.07) is 12.5. The van der Waals surface area contributed by atoms with E-state index >= 15 is 0 Å². The van der Waals surface area contributed by atoms with Gasteiger partial charge in [-0.15, -0.1) is 0 Å². The quantitative estimate of drug-likeness (QED) is 0.454. The molecule has 4 aromatic rings. The zero-order chi connectivity index (χ0) is 21.5. The molecule has 6 heteroatoms. The summed E-state index contributed by atoms with van der Waals surface area (Å²) in [7, 11) is 2.03. The number of ether oxygens (including phenoxy) is 1. The normalized spacial score (nSPS) is 15.1. The van der Waals surface area contributed by atoms with Crippen LogP contribution in [0.15, 0.2) is 42.6 Å². The largest absolute Gasteiger partial charge is 0.467 e. The van der Waals surface area contributed by atoms with Crippen molar-refractivity contribution < 1.29 is 9.53 Å². The van der Waals surface area contributed by atoms with Crippen LogP contribution in [0.4, 0.5) is 0 Å². The fourth-order valence-electron chi connectivity index (χ4n) is 4.50. The van der Waals surface area contributed by atoms with Crippen molar-refractivity contribution >= 4 is 38.4 Å². The second-order valence-corrected chi connectivity index (χ2v) is 9.48. The van der Waals surface area contributed by atoms with Crippen LogP contribution >= 0.6 is 11.3 Å². The van der Waals surface area contributed by atoms with Crippen molar-refractivity contribution in [1.29, 1.82) is 0 Å². The molecule has 2 aromatic carbocycles. The van der Waals surface area contributed by atoms with Crippen LogP contribution in [0.25, 0.3) is 21.1 Å². The number of amides is 1. The Balaban J connectivity index is 1.22. The molecular formula is C25H27N3O2S. The fraction of sp³-hybridized carbons (Fsp3) is 0.360. The molecule has 1 saturated heterocycles. The summed E-state index contributed by atoms with van der Waals surface area (Å²) in [6.45, 7) is 5.67. The minimum absolute atomic E-state index is 0.114. The van der Waals surface area contributed by atoms with Crippen LogP contribution in [0.2, 0.25) is 0 Å². The Labute approximate surface area is 186 Å². The van der Waals surface area contributed by atoms with Crippen molar-refractivity contribution in [3.8, 4) is 5.19 Å². The topological polar surface area (TPSA) is 47.4 Å². The van der Waals surface area contributed by atoms with Gasteiger partial charge in [-0.05, 0) is 36.6 Å². The van der Waals surface area contributed by atoms with E-state index in [0.29, 0.717) is 6.42 Å². The molecule has 0 aliphatic carbocycles. The molecule has 0 unspecified atom stereocenters. The molecular weight excluding hydrogens is 406 g/mol. The number of carbonyl (C=O) groups is 1. The summed E-state index contributed by atoms with van der Waals surface area (Å²) in [5.41, 5.74) is 5.73. The number of nitrogens with zero attached hydrogens (tertiary/aromatic N) is 3. The molecule has 1 amide bonds. The van der Waals surface area contributed by atoms with E-state index < -0.39 is 0 Å². The molecule has 0 bridgehead atoms. The molecule has 0 N–H and O–H groups in total. The number of rotatable bonds is 4. The lowest BCUT2D eigenvalue weighted by atomic mass is 10.1. The van der Waals surface area contributed by atoms with E-state index in [0.717, 1.165) is 47.6 Å². The van der Waals surface area contributed by atoms with E-state index in [2.05, 4.69) is 48.9 Å². The van der Waals surface area contributed by atoms with E-state index in [4.69, 9.17) is 9.72 Å². The lowest BCUT2D eigenvalue weighted by Crippen LogP contribution is -2.42. The monoisotopic (exact) mass is 433 g/mol. The maximum absolute atomic E-state index is 12.9. The summed E-state index contributed by atoms with van der Waals surface area (Å²) in [5, 5.41) is 1.91. The maximum atomic E-state index is 12.9. The van der Waals surface area contributed by atoms with Gasteiger partial charge in [0, 0.05) is 50.1 Å². The highest BCUT2D eigenvalue weighted by Gasteiger charge is 2.25. The van der Waals surface area contributed by atoms with Gasteiger partial charge < -0.3 is 14.2 Å². The standard InChI is InChI=1S/C25H27N3O2S/c1-16-8-9-17(2)24-23(16)26-25(31-24)30-19-10-12-28(13-11-19)22(29)14-18-15-27(3)21-7-5-4-6-20(18)21/h4-9,15,19H,10-14H2,1-3H3. The summed E-state index contributed by atoms with van der Waals surface area (Å²) in [5.74, 6) is 0.195. The van der Waals surface area contributed by atoms with Crippen LogP contribution in [0.1, 0.15) is 29.5 Å². The van der Waals surface area contributed by atoms with Crippen molar-refractivity contribution in [2.75, 3.05) is 13.1 Å². The maximum Gasteiger partial charge on any atom is 0.274 e. The Morgan fingerprint density at radius 1 is 1.13 bits per heavy atom. The minimum Gasteiger partial charge on any atom is -0.467 e. The number of benzene rings is 2. The highest BCUT2D eigenvalue weighted by atomic mass is 32.1. The van der Waals surface area contributed by atoms with Gasteiger partial charge in [0.1, 0.15) is 6.10 Å². The Kier molecular flexibility index (Phi) is 5.18. The van der Waals surface area contributed by atoms with Crippen molar-refractivity contribution in [3.63, 3.8) is 0 Å². The van der Waals surface area contributed by atoms with Crippen molar-refractivity contribution in [3.05, 3.63) is 59.3 Å². The van der Waals surface area contributed by atoms with Crippen LogP contribution < -0.4 is 4.74 Å². The number of carbonyl (C=O) groups excluding carboxylic acids is 1. The average Bonchev–Trinajstić information content (AvgIpc) is 3.34. The lowest BCUT2D eigenvalue weighted by molar-refractivity contribution is -0.132. The van der Waals surface area contributed by atoms with Gasteiger partial charge in [0.25, 0.3) is 5.19 Å². The number of hydrogen-bond acceptors (Lipinski definition) is 4. The number of likely N-dealkylation sites (tertiary alicyclic amines) is 1. The molecule has 1 aliphatic heterocycles. The number of para-hydroxylation sites is 1.